The molecule has 0 radical (unpaired) electrons. The molecule has 3 rings (SSSR count). The second-order valence-corrected chi connectivity index (χ2v) is 6.71. The fourth-order valence-electron chi connectivity index (χ4n) is 2.11. The van der Waals surface area contributed by atoms with Gasteiger partial charge in [-0.1, -0.05) is 47.6 Å². The molecule has 0 saturated carbocycles. The molecule has 26 heavy (non-hydrogen) atoms. The highest BCUT2D eigenvalue weighted by Gasteiger charge is 2.29. The van der Waals surface area contributed by atoms with Crippen molar-refractivity contribution in [3.05, 3.63) is 76.1 Å². The summed E-state index contributed by atoms with van der Waals surface area (Å²) < 4.78 is 43.0. The number of aliphatic hydroxyl groups is 1. The summed E-state index contributed by atoms with van der Waals surface area (Å²) in [5.74, 6) is 0.388. The van der Waals surface area contributed by atoms with E-state index < -0.39 is 17.8 Å². The Bertz CT molecular complexity index is 867. The van der Waals surface area contributed by atoms with E-state index >= 15 is 0 Å². The van der Waals surface area contributed by atoms with E-state index in [0.717, 1.165) is 12.1 Å². The van der Waals surface area contributed by atoms with Crippen LogP contribution in [0.4, 0.5) is 13.2 Å². The molecule has 0 aliphatic rings. The first-order valence-electron chi connectivity index (χ1n) is 7.39. The molecule has 0 spiro atoms. The summed E-state index contributed by atoms with van der Waals surface area (Å²) in [6.45, 7) is 0. The quantitative estimate of drug-likeness (QED) is 0.603. The second-order valence-electron chi connectivity index (χ2n) is 5.34. The average molecular weight is 401 g/mol. The molecular formula is C17H12ClF3N2O2S. The standard InChI is InChI=1S/C17H12ClF3N2O2S/c18-13-7-3-11(4-8-13)14(24)15-22-23-16(25-15)26-9-10-1-5-12(6-2-10)17(19,20)21/h1-8,14,24H,9H2/t14-/m0/s1. The van der Waals surface area contributed by atoms with Gasteiger partial charge in [0, 0.05) is 10.8 Å². The first kappa shape index (κ1) is 18.8. The number of thioether (sulfide) groups is 1. The van der Waals surface area contributed by atoms with Gasteiger partial charge in [0.1, 0.15) is 0 Å². The lowest BCUT2D eigenvalue weighted by Gasteiger charge is -2.07. The molecule has 0 fully saturated rings. The van der Waals surface area contributed by atoms with Crippen molar-refractivity contribution in [2.24, 2.45) is 0 Å². The minimum absolute atomic E-state index is 0.0299. The van der Waals surface area contributed by atoms with Gasteiger partial charge in [-0.25, -0.2) is 0 Å². The van der Waals surface area contributed by atoms with Crippen molar-refractivity contribution in [2.45, 2.75) is 23.3 Å². The van der Waals surface area contributed by atoms with E-state index in [1.54, 1.807) is 24.3 Å². The van der Waals surface area contributed by atoms with Gasteiger partial charge in [0.15, 0.2) is 6.10 Å². The zero-order chi connectivity index (χ0) is 18.7. The molecule has 1 N–H and O–H groups in total. The van der Waals surface area contributed by atoms with Gasteiger partial charge < -0.3 is 9.52 Å². The van der Waals surface area contributed by atoms with Crippen molar-refractivity contribution in [1.82, 2.24) is 10.2 Å². The van der Waals surface area contributed by atoms with Gasteiger partial charge in [0.05, 0.1) is 5.56 Å². The lowest BCUT2D eigenvalue weighted by Crippen LogP contribution is -2.04. The van der Waals surface area contributed by atoms with Crippen LogP contribution in [0.5, 0.6) is 0 Å². The zero-order valence-corrected chi connectivity index (χ0v) is 14.6. The molecule has 1 atom stereocenters. The topological polar surface area (TPSA) is 59.2 Å². The van der Waals surface area contributed by atoms with Gasteiger partial charge in [-0.15, -0.1) is 10.2 Å². The van der Waals surface area contributed by atoms with Crippen LogP contribution in [0.2, 0.25) is 5.02 Å². The highest BCUT2D eigenvalue weighted by molar-refractivity contribution is 7.98. The third kappa shape index (κ3) is 4.57. The lowest BCUT2D eigenvalue weighted by atomic mass is 10.1. The fraction of sp³-hybridized carbons (Fsp3) is 0.176. The highest BCUT2D eigenvalue weighted by atomic mass is 35.5. The van der Waals surface area contributed by atoms with Crippen LogP contribution in [0.1, 0.15) is 28.7 Å². The molecule has 0 unspecified atom stereocenters. The van der Waals surface area contributed by atoms with Crippen LogP contribution in [-0.2, 0) is 11.9 Å². The first-order valence-corrected chi connectivity index (χ1v) is 8.75. The summed E-state index contributed by atoms with van der Waals surface area (Å²) in [5, 5.41) is 18.6. The Morgan fingerprint density at radius 1 is 1.04 bits per heavy atom. The number of benzene rings is 2. The number of aromatic nitrogens is 2. The normalized spacial score (nSPS) is 13.0. The van der Waals surface area contributed by atoms with Crippen molar-refractivity contribution < 1.29 is 22.7 Å². The van der Waals surface area contributed by atoms with Gasteiger partial charge >= 0.3 is 6.18 Å². The number of nitrogens with zero attached hydrogens (tertiary/aromatic N) is 2. The van der Waals surface area contributed by atoms with Gasteiger partial charge in [-0.05, 0) is 35.4 Å². The van der Waals surface area contributed by atoms with Crippen molar-refractivity contribution in [3.63, 3.8) is 0 Å². The average Bonchev–Trinajstić information content (AvgIpc) is 3.08. The van der Waals surface area contributed by atoms with Crippen LogP contribution in [0.25, 0.3) is 0 Å². The van der Waals surface area contributed by atoms with Crippen LogP contribution in [-0.4, -0.2) is 15.3 Å². The van der Waals surface area contributed by atoms with Crippen molar-refractivity contribution in [2.75, 3.05) is 0 Å². The minimum atomic E-state index is -4.36. The SMILES string of the molecule is O[C@@H](c1ccc(Cl)cc1)c1nnc(SCc2ccc(C(F)(F)F)cc2)o1. The third-order valence-electron chi connectivity index (χ3n) is 3.49. The third-order valence-corrected chi connectivity index (χ3v) is 4.63. The van der Waals surface area contributed by atoms with Gasteiger partial charge in [0.2, 0.25) is 5.89 Å². The van der Waals surface area contributed by atoms with E-state index in [1.165, 1.54) is 23.9 Å². The first-order chi connectivity index (χ1) is 12.3. The Morgan fingerprint density at radius 2 is 1.69 bits per heavy atom. The van der Waals surface area contributed by atoms with Crippen molar-refractivity contribution in [1.29, 1.82) is 0 Å². The number of alkyl halides is 3. The summed E-state index contributed by atoms with van der Waals surface area (Å²) in [5.41, 5.74) is 0.538. The summed E-state index contributed by atoms with van der Waals surface area (Å²) in [4.78, 5) is 0. The largest absolute Gasteiger partial charge is 0.416 e. The molecule has 2 aromatic carbocycles. The summed E-state index contributed by atoms with van der Waals surface area (Å²) in [6.07, 6.45) is -5.44. The number of hydrogen-bond acceptors (Lipinski definition) is 5. The molecule has 1 heterocycles. The van der Waals surface area contributed by atoms with Gasteiger partial charge in [-0.2, -0.15) is 13.2 Å². The maximum atomic E-state index is 12.5. The maximum absolute atomic E-state index is 12.5. The van der Waals surface area contributed by atoms with Gasteiger partial charge in [-0.3, -0.25) is 0 Å². The van der Waals surface area contributed by atoms with Crippen LogP contribution in [0.3, 0.4) is 0 Å². The zero-order valence-electron chi connectivity index (χ0n) is 13.1. The summed E-state index contributed by atoms with van der Waals surface area (Å²) in [6, 6.07) is 11.4. The number of hydrogen-bond donors (Lipinski definition) is 1. The van der Waals surface area contributed by atoms with Crippen LogP contribution in [0.15, 0.2) is 58.2 Å². The summed E-state index contributed by atoms with van der Waals surface area (Å²) >= 11 is 6.97. The van der Waals surface area contributed by atoms with Crippen LogP contribution < -0.4 is 0 Å². The molecule has 1 aromatic heterocycles. The highest BCUT2D eigenvalue weighted by Crippen LogP contribution is 2.31. The van der Waals surface area contributed by atoms with E-state index in [9.17, 15) is 18.3 Å². The Labute approximate surface area is 156 Å². The van der Waals surface area contributed by atoms with Crippen molar-refractivity contribution >= 4 is 23.4 Å². The van der Waals surface area contributed by atoms with Gasteiger partial charge in [0.25, 0.3) is 5.22 Å². The molecular weight excluding hydrogens is 389 g/mol. The van der Waals surface area contributed by atoms with Crippen LogP contribution in [0, 0.1) is 0 Å². The summed E-state index contributed by atoms with van der Waals surface area (Å²) in [7, 11) is 0. The van der Waals surface area contributed by atoms with E-state index in [4.69, 9.17) is 16.0 Å². The Morgan fingerprint density at radius 3 is 2.31 bits per heavy atom. The molecule has 0 saturated heterocycles. The predicted octanol–water partition coefficient (Wildman–Crippen LogP) is 5.12. The van der Waals surface area contributed by atoms with E-state index in [-0.39, 0.29) is 11.1 Å². The van der Waals surface area contributed by atoms with E-state index in [2.05, 4.69) is 10.2 Å². The van der Waals surface area contributed by atoms with Crippen LogP contribution >= 0.6 is 23.4 Å². The molecule has 0 bridgehead atoms. The monoisotopic (exact) mass is 400 g/mol. The number of aliphatic hydroxyl groups excluding tert-OH is 1. The molecule has 0 amide bonds. The van der Waals surface area contributed by atoms with E-state index in [0.29, 0.717) is 21.9 Å². The molecule has 3 aromatic rings. The second kappa shape index (κ2) is 7.69. The molecule has 4 nitrogen and oxygen atoms in total. The Balaban J connectivity index is 1.62. The van der Waals surface area contributed by atoms with Crippen molar-refractivity contribution in [3.8, 4) is 0 Å². The number of rotatable bonds is 5. The molecule has 0 aliphatic carbocycles. The molecule has 9 heteroatoms. The lowest BCUT2D eigenvalue weighted by molar-refractivity contribution is -0.137. The maximum Gasteiger partial charge on any atom is 0.416 e. The predicted molar refractivity (Wildman–Crippen MR) is 90.8 cm³/mol. The minimum Gasteiger partial charge on any atom is -0.413 e. The fourth-order valence-corrected chi connectivity index (χ4v) is 2.96. The molecule has 0 aliphatic heterocycles. The smallest absolute Gasteiger partial charge is 0.413 e. The molecule has 136 valence electrons. The van der Waals surface area contributed by atoms with E-state index in [1.807, 2.05) is 0 Å². The number of halogens is 4. The Hall–Kier alpha value is -2.03. The Kier molecular flexibility index (Phi) is 5.55.